The van der Waals surface area contributed by atoms with E-state index in [1.54, 1.807) is 35.4 Å². The van der Waals surface area contributed by atoms with E-state index in [0.29, 0.717) is 5.65 Å². The van der Waals surface area contributed by atoms with Gasteiger partial charge in [-0.25, -0.2) is 24.0 Å². The van der Waals surface area contributed by atoms with Crippen LogP contribution in [0.4, 0.5) is 4.39 Å². The third kappa shape index (κ3) is 2.24. The van der Waals surface area contributed by atoms with E-state index >= 15 is 0 Å². The van der Waals surface area contributed by atoms with Crippen LogP contribution in [-0.2, 0) is 0 Å². The number of nitrogens with zero attached hydrogens (tertiary/aromatic N) is 5. The number of benzene rings is 1. The second-order valence-electron chi connectivity index (χ2n) is 5.15. The predicted molar refractivity (Wildman–Crippen MR) is 84.6 cm³/mol. The second kappa shape index (κ2) is 5.24. The second-order valence-corrected chi connectivity index (χ2v) is 5.15. The fourth-order valence-electron chi connectivity index (χ4n) is 2.59. The predicted octanol–water partition coefficient (Wildman–Crippen LogP) is 3.33. The molecule has 0 aliphatic heterocycles. The molecular formula is C17H12FN5. The Morgan fingerprint density at radius 3 is 2.57 bits per heavy atom. The van der Waals surface area contributed by atoms with Crippen LogP contribution in [0.3, 0.4) is 0 Å². The van der Waals surface area contributed by atoms with Gasteiger partial charge in [-0.05, 0) is 42.8 Å². The van der Waals surface area contributed by atoms with Gasteiger partial charge in [-0.1, -0.05) is 0 Å². The maximum absolute atomic E-state index is 13.1. The van der Waals surface area contributed by atoms with E-state index in [1.165, 1.54) is 18.5 Å². The van der Waals surface area contributed by atoms with Crippen LogP contribution in [0.1, 0.15) is 5.69 Å². The molecule has 0 fully saturated rings. The Morgan fingerprint density at radius 1 is 0.957 bits per heavy atom. The van der Waals surface area contributed by atoms with Crippen LogP contribution >= 0.6 is 0 Å². The van der Waals surface area contributed by atoms with E-state index in [9.17, 15) is 4.39 Å². The first kappa shape index (κ1) is 13.5. The number of aryl methyl sites for hydroxylation is 1. The van der Waals surface area contributed by atoms with Crippen LogP contribution in [0.2, 0.25) is 0 Å². The van der Waals surface area contributed by atoms with Crippen molar-refractivity contribution in [2.45, 2.75) is 6.92 Å². The lowest BCUT2D eigenvalue weighted by atomic mass is 10.0. The van der Waals surface area contributed by atoms with Gasteiger partial charge in [-0.3, -0.25) is 0 Å². The highest BCUT2D eigenvalue weighted by Crippen LogP contribution is 2.29. The van der Waals surface area contributed by atoms with E-state index in [-0.39, 0.29) is 5.82 Å². The normalized spacial score (nSPS) is 11.0. The topological polar surface area (TPSA) is 56.5 Å². The summed E-state index contributed by atoms with van der Waals surface area (Å²) in [6.07, 6.45) is 6.80. The Kier molecular flexibility index (Phi) is 3.08. The summed E-state index contributed by atoms with van der Waals surface area (Å²) < 4.78 is 14.8. The van der Waals surface area contributed by atoms with Gasteiger partial charge < -0.3 is 0 Å². The van der Waals surface area contributed by atoms with Crippen molar-refractivity contribution in [3.8, 4) is 16.8 Å². The largest absolute Gasteiger partial charge is 0.244 e. The summed E-state index contributed by atoms with van der Waals surface area (Å²) in [7, 11) is 0. The lowest BCUT2D eigenvalue weighted by Crippen LogP contribution is -1.97. The summed E-state index contributed by atoms with van der Waals surface area (Å²) in [5.74, 6) is -0.282. The Balaban J connectivity index is 1.94. The molecular weight excluding hydrogens is 293 g/mol. The average molecular weight is 305 g/mol. The quantitative estimate of drug-likeness (QED) is 0.570. The van der Waals surface area contributed by atoms with E-state index in [4.69, 9.17) is 0 Å². The number of rotatable bonds is 2. The van der Waals surface area contributed by atoms with Crippen molar-refractivity contribution in [2.24, 2.45) is 0 Å². The van der Waals surface area contributed by atoms with Gasteiger partial charge in [0.1, 0.15) is 12.1 Å². The van der Waals surface area contributed by atoms with Crippen LogP contribution in [0, 0.1) is 12.7 Å². The number of fused-ring (bicyclic) bond motifs is 1. The summed E-state index contributed by atoms with van der Waals surface area (Å²) >= 11 is 0. The molecule has 0 unspecified atom stereocenters. The third-order valence-corrected chi connectivity index (χ3v) is 3.74. The van der Waals surface area contributed by atoms with Gasteiger partial charge in [0, 0.05) is 29.0 Å². The van der Waals surface area contributed by atoms with Gasteiger partial charge in [-0.15, -0.1) is 0 Å². The molecule has 1 aromatic carbocycles. The molecule has 4 rings (SSSR count). The molecule has 6 heteroatoms. The fourth-order valence-corrected chi connectivity index (χ4v) is 2.59. The molecule has 0 saturated carbocycles. The number of pyridine rings is 1. The average Bonchev–Trinajstić information content (AvgIpc) is 3.00. The van der Waals surface area contributed by atoms with E-state index in [2.05, 4.69) is 20.1 Å². The van der Waals surface area contributed by atoms with Gasteiger partial charge >= 0.3 is 0 Å². The molecule has 0 aliphatic rings. The van der Waals surface area contributed by atoms with Crippen LogP contribution in [0.15, 0.2) is 55.2 Å². The number of halogens is 1. The first-order valence-corrected chi connectivity index (χ1v) is 7.10. The van der Waals surface area contributed by atoms with E-state index < -0.39 is 0 Å². The molecule has 0 bridgehead atoms. The van der Waals surface area contributed by atoms with Gasteiger partial charge in [-0.2, -0.15) is 5.10 Å². The molecule has 0 amide bonds. The van der Waals surface area contributed by atoms with Crippen LogP contribution < -0.4 is 0 Å². The molecule has 0 spiro atoms. The molecule has 3 aromatic heterocycles. The first-order valence-electron chi connectivity index (χ1n) is 7.10. The van der Waals surface area contributed by atoms with Crippen LogP contribution in [0.5, 0.6) is 0 Å². The summed E-state index contributed by atoms with van der Waals surface area (Å²) in [5.41, 5.74) is 4.27. The van der Waals surface area contributed by atoms with Crippen LogP contribution in [0.25, 0.3) is 27.8 Å². The molecule has 0 atom stereocenters. The minimum Gasteiger partial charge on any atom is -0.244 e. The van der Waals surface area contributed by atoms with Crippen molar-refractivity contribution < 1.29 is 4.39 Å². The number of hydrogen-bond donors (Lipinski definition) is 0. The molecule has 0 saturated heterocycles. The highest BCUT2D eigenvalue weighted by molar-refractivity contribution is 5.93. The van der Waals surface area contributed by atoms with E-state index in [1.807, 2.05) is 13.0 Å². The van der Waals surface area contributed by atoms with Crippen molar-refractivity contribution in [1.29, 1.82) is 0 Å². The van der Waals surface area contributed by atoms with Crippen molar-refractivity contribution in [2.75, 3.05) is 0 Å². The molecule has 112 valence electrons. The standard InChI is InChI=1S/C17H12FN5/c1-11-15(8-19-10-21-11)14-6-7-20-17-16(14)9-22-23(17)13-4-2-12(18)3-5-13/h2-10H,1H3. The van der Waals surface area contributed by atoms with E-state index in [0.717, 1.165) is 27.9 Å². The molecule has 5 nitrogen and oxygen atoms in total. The van der Waals surface area contributed by atoms with Gasteiger partial charge in [0.05, 0.1) is 11.9 Å². The molecule has 23 heavy (non-hydrogen) atoms. The minimum atomic E-state index is -0.282. The highest BCUT2D eigenvalue weighted by Gasteiger charge is 2.13. The molecule has 3 heterocycles. The smallest absolute Gasteiger partial charge is 0.163 e. The molecule has 0 N–H and O–H groups in total. The zero-order valence-corrected chi connectivity index (χ0v) is 12.3. The summed E-state index contributed by atoms with van der Waals surface area (Å²) in [6.45, 7) is 1.94. The Labute approximate surface area is 131 Å². The number of aromatic nitrogens is 5. The molecule has 0 radical (unpaired) electrons. The first-order chi connectivity index (χ1) is 11.2. The minimum absolute atomic E-state index is 0.282. The maximum Gasteiger partial charge on any atom is 0.163 e. The monoisotopic (exact) mass is 305 g/mol. The lowest BCUT2D eigenvalue weighted by molar-refractivity contribution is 0.627. The third-order valence-electron chi connectivity index (χ3n) is 3.74. The summed E-state index contributed by atoms with van der Waals surface area (Å²) in [6, 6.07) is 8.08. The molecule has 0 aliphatic carbocycles. The van der Waals surface area contributed by atoms with Gasteiger partial charge in [0.15, 0.2) is 5.65 Å². The van der Waals surface area contributed by atoms with Crippen LogP contribution in [-0.4, -0.2) is 24.7 Å². The Morgan fingerprint density at radius 2 is 1.78 bits per heavy atom. The maximum atomic E-state index is 13.1. The van der Waals surface area contributed by atoms with Gasteiger partial charge in [0.2, 0.25) is 0 Å². The van der Waals surface area contributed by atoms with Gasteiger partial charge in [0.25, 0.3) is 0 Å². The van der Waals surface area contributed by atoms with Crippen molar-refractivity contribution >= 4 is 11.0 Å². The summed E-state index contributed by atoms with van der Waals surface area (Å²) in [5, 5.41) is 5.30. The molecule has 4 aromatic rings. The Hall–Kier alpha value is -3.15. The Bertz CT molecular complexity index is 991. The number of hydrogen-bond acceptors (Lipinski definition) is 4. The lowest BCUT2D eigenvalue weighted by Gasteiger charge is -2.06. The summed E-state index contributed by atoms with van der Waals surface area (Å²) in [4.78, 5) is 12.8. The SMILES string of the molecule is Cc1ncncc1-c1ccnc2c1cnn2-c1ccc(F)cc1. The van der Waals surface area contributed by atoms with Crippen molar-refractivity contribution in [1.82, 2.24) is 24.7 Å². The van der Waals surface area contributed by atoms with Crippen molar-refractivity contribution in [3.05, 3.63) is 66.8 Å². The zero-order chi connectivity index (χ0) is 15.8. The fraction of sp³-hybridized carbons (Fsp3) is 0.0588. The zero-order valence-electron chi connectivity index (χ0n) is 12.3. The highest BCUT2D eigenvalue weighted by atomic mass is 19.1. The van der Waals surface area contributed by atoms with Crippen molar-refractivity contribution in [3.63, 3.8) is 0 Å².